The minimum atomic E-state index is 0.263. The second-order valence-electron chi connectivity index (χ2n) is 5.15. The molecule has 0 aliphatic carbocycles. The molecule has 0 bridgehead atoms. The van der Waals surface area contributed by atoms with E-state index in [1.807, 2.05) is 0 Å². The molecular weight excluding hydrogens is 214 g/mol. The highest BCUT2D eigenvalue weighted by molar-refractivity contribution is 5.68. The van der Waals surface area contributed by atoms with Gasteiger partial charge in [-0.25, -0.2) is 15.0 Å². The molecule has 0 aromatic carbocycles. The Labute approximate surface area is 101 Å². The van der Waals surface area contributed by atoms with Crippen molar-refractivity contribution >= 4 is 11.2 Å². The molecule has 0 aliphatic heterocycles. The average molecular weight is 233 g/mol. The lowest BCUT2D eigenvalue weighted by Crippen LogP contribution is -2.18. The van der Waals surface area contributed by atoms with Gasteiger partial charge in [-0.05, 0) is 24.8 Å². The van der Waals surface area contributed by atoms with Gasteiger partial charge in [-0.1, -0.05) is 13.8 Å². The zero-order chi connectivity index (χ0) is 12.3. The number of nitrogens with two attached hydrogens (primary N) is 1. The van der Waals surface area contributed by atoms with E-state index in [0.29, 0.717) is 0 Å². The molecule has 2 rings (SSSR count). The van der Waals surface area contributed by atoms with E-state index in [9.17, 15) is 0 Å². The molecule has 0 amide bonds. The summed E-state index contributed by atoms with van der Waals surface area (Å²) >= 11 is 0. The first-order chi connectivity index (χ1) is 8.11. The molecule has 0 saturated carbocycles. The first-order valence-electron chi connectivity index (χ1n) is 5.95. The Kier molecular flexibility index (Phi) is 3.38. The van der Waals surface area contributed by atoms with Gasteiger partial charge in [0.25, 0.3) is 0 Å². The van der Waals surface area contributed by atoms with Crippen molar-refractivity contribution in [1.82, 2.24) is 19.9 Å². The molecule has 3 N–H and O–H groups in total. The van der Waals surface area contributed by atoms with Crippen LogP contribution >= 0.6 is 0 Å². The van der Waals surface area contributed by atoms with Crippen molar-refractivity contribution in [1.29, 1.82) is 0 Å². The van der Waals surface area contributed by atoms with Crippen LogP contribution < -0.4 is 5.73 Å². The van der Waals surface area contributed by atoms with E-state index in [-0.39, 0.29) is 5.41 Å². The van der Waals surface area contributed by atoms with E-state index in [1.165, 1.54) is 6.33 Å². The van der Waals surface area contributed by atoms with E-state index in [4.69, 9.17) is 5.73 Å². The molecule has 2 aromatic rings. The zero-order valence-electron chi connectivity index (χ0n) is 10.4. The Morgan fingerprint density at radius 2 is 2.18 bits per heavy atom. The summed E-state index contributed by atoms with van der Waals surface area (Å²) in [6.45, 7) is 5.21. The monoisotopic (exact) mass is 233 g/mol. The fourth-order valence-electron chi connectivity index (χ4n) is 1.90. The Balaban J connectivity index is 2.04. The maximum Gasteiger partial charge on any atom is 0.180 e. The van der Waals surface area contributed by atoms with Crippen LogP contribution in [-0.4, -0.2) is 26.5 Å². The van der Waals surface area contributed by atoms with E-state index >= 15 is 0 Å². The van der Waals surface area contributed by atoms with Crippen molar-refractivity contribution in [2.75, 3.05) is 6.54 Å². The van der Waals surface area contributed by atoms with Crippen LogP contribution in [0.1, 0.15) is 32.5 Å². The predicted molar refractivity (Wildman–Crippen MR) is 67.5 cm³/mol. The average Bonchev–Trinajstić information content (AvgIpc) is 2.69. The minimum Gasteiger partial charge on any atom is -0.339 e. The lowest BCUT2D eigenvalue weighted by Gasteiger charge is -2.22. The van der Waals surface area contributed by atoms with Crippen LogP contribution in [0.15, 0.2) is 12.5 Å². The maximum atomic E-state index is 5.60. The molecule has 0 aliphatic rings. The number of hydrogen-bond donors (Lipinski definition) is 2. The largest absolute Gasteiger partial charge is 0.339 e. The summed E-state index contributed by atoms with van der Waals surface area (Å²) in [5, 5.41) is 0. The molecule has 2 aromatic heterocycles. The minimum absolute atomic E-state index is 0.263. The number of nitrogens with one attached hydrogen (secondary N) is 1. The third-order valence-electron chi connectivity index (χ3n) is 3.07. The van der Waals surface area contributed by atoms with Gasteiger partial charge in [-0.3, -0.25) is 0 Å². The summed E-state index contributed by atoms with van der Waals surface area (Å²) in [5.41, 5.74) is 7.51. The highest BCUT2D eigenvalue weighted by atomic mass is 15.0. The van der Waals surface area contributed by atoms with Crippen LogP contribution in [0.2, 0.25) is 0 Å². The number of fused-ring (bicyclic) bond motifs is 1. The van der Waals surface area contributed by atoms with Crippen LogP contribution in [0.3, 0.4) is 0 Å². The summed E-state index contributed by atoms with van der Waals surface area (Å²) in [6.07, 6.45) is 6.29. The molecule has 92 valence electrons. The van der Waals surface area contributed by atoms with Gasteiger partial charge in [-0.2, -0.15) is 0 Å². The number of imidazole rings is 1. The fraction of sp³-hybridized carbons (Fsp3) is 0.583. The van der Waals surface area contributed by atoms with E-state index in [0.717, 1.165) is 42.8 Å². The lowest BCUT2D eigenvalue weighted by molar-refractivity contribution is 0.311. The molecule has 0 atom stereocenters. The number of H-pyrrole nitrogens is 1. The summed E-state index contributed by atoms with van der Waals surface area (Å²) in [6, 6.07) is 0. The van der Waals surface area contributed by atoms with Crippen molar-refractivity contribution in [3.63, 3.8) is 0 Å². The smallest absolute Gasteiger partial charge is 0.180 e. The van der Waals surface area contributed by atoms with Gasteiger partial charge in [0.1, 0.15) is 17.7 Å². The topological polar surface area (TPSA) is 80.5 Å². The molecule has 5 nitrogen and oxygen atoms in total. The summed E-state index contributed by atoms with van der Waals surface area (Å²) in [5.74, 6) is 0.977. The molecule has 0 radical (unpaired) electrons. The molecule has 2 heterocycles. The molecule has 0 unspecified atom stereocenters. The lowest BCUT2D eigenvalue weighted by atomic mass is 9.84. The summed E-state index contributed by atoms with van der Waals surface area (Å²) in [7, 11) is 0. The second-order valence-corrected chi connectivity index (χ2v) is 5.15. The highest BCUT2D eigenvalue weighted by Gasteiger charge is 2.17. The van der Waals surface area contributed by atoms with Crippen molar-refractivity contribution in [3.8, 4) is 0 Å². The Morgan fingerprint density at radius 3 is 2.88 bits per heavy atom. The van der Waals surface area contributed by atoms with Gasteiger partial charge in [0.05, 0.1) is 6.20 Å². The molecule has 5 heteroatoms. The number of aromatic amines is 1. The molecule has 0 saturated heterocycles. The SMILES string of the molecule is CC(C)(CCN)CCc1nc2ncncc2[nH]1. The fourth-order valence-corrected chi connectivity index (χ4v) is 1.90. The first-order valence-corrected chi connectivity index (χ1v) is 5.95. The Morgan fingerprint density at radius 1 is 1.35 bits per heavy atom. The molecule has 17 heavy (non-hydrogen) atoms. The van der Waals surface area contributed by atoms with Gasteiger partial charge in [-0.15, -0.1) is 0 Å². The number of aryl methyl sites for hydroxylation is 1. The quantitative estimate of drug-likeness (QED) is 0.823. The van der Waals surface area contributed by atoms with Crippen LogP contribution in [0, 0.1) is 5.41 Å². The molecule has 0 fully saturated rings. The van der Waals surface area contributed by atoms with Crippen molar-refractivity contribution in [2.24, 2.45) is 11.1 Å². The van der Waals surface area contributed by atoms with E-state index < -0.39 is 0 Å². The van der Waals surface area contributed by atoms with E-state index in [1.54, 1.807) is 6.20 Å². The predicted octanol–water partition coefficient (Wildman–Crippen LogP) is 1.66. The summed E-state index contributed by atoms with van der Waals surface area (Å²) < 4.78 is 0. The first kappa shape index (κ1) is 12.0. The second kappa shape index (κ2) is 4.79. The Hall–Kier alpha value is -1.49. The van der Waals surface area contributed by atoms with Gasteiger partial charge >= 0.3 is 0 Å². The van der Waals surface area contributed by atoms with Crippen molar-refractivity contribution in [2.45, 2.75) is 33.1 Å². The van der Waals surface area contributed by atoms with Crippen LogP contribution in [0.25, 0.3) is 11.2 Å². The van der Waals surface area contributed by atoms with Crippen LogP contribution in [0.5, 0.6) is 0 Å². The van der Waals surface area contributed by atoms with Crippen LogP contribution in [-0.2, 0) is 6.42 Å². The molecule has 0 spiro atoms. The number of nitrogens with zero attached hydrogens (tertiary/aromatic N) is 3. The van der Waals surface area contributed by atoms with E-state index in [2.05, 4.69) is 33.8 Å². The third-order valence-corrected chi connectivity index (χ3v) is 3.07. The Bertz CT molecular complexity index is 455. The zero-order valence-corrected chi connectivity index (χ0v) is 10.4. The van der Waals surface area contributed by atoms with Gasteiger partial charge in [0, 0.05) is 6.42 Å². The number of rotatable bonds is 5. The number of aromatic nitrogens is 4. The van der Waals surface area contributed by atoms with Crippen molar-refractivity contribution in [3.05, 3.63) is 18.3 Å². The van der Waals surface area contributed by atoms with Crippen molar-refractivity contribution < 1.29 is 0 Å². The standard InChI is InChI=1S/C12H19N5/c1-12(2,5-6-13)4-3-10-16-9-7-14-8-15-11(9)17-10/h7-8H,3-6,13H2,1-2H3,(H,14,15,16,17). The third kappa shape index (κ3) is 3.00. The highest BCUT2D eigenvalue weighted by Crippen LogP contribution is 2.25. The normalized spacial score (nSPS) is 12.2. The summed E-state index contributed by atoms with van der Waals surface area (Å²) in [4.78, 5) is 15.8. The van der Waals surface area contributed by atoms with Gasteiger partial charge in [0.15, 0.2) is 5.65 Å². The van der Waals surface area contributed by atoms with Gasteiger partial charge in [0.2, 0.25) is 0 Å². The van der Waals surface area contributed by atoms with Crippen LogP contribution in [0.4, 0.5) is 0 Å². The molecular formula is C12H19N5. The maximum absolute atomic E-state index is 5.60. The van der Waals surface area contributed by atoms with Gasteiger partial charge < -0.3 is 10.7 Å². The number of hydrogen-bond acceptors (Lipinski definition) is 4.